The number of hydrogen-bond acceptors (Lipinski definition) is 2. The third-order valence-corrected chi connectivity index (χ3v) is 4.29. The summed E-state index contributed by atoms with van der Waals surface area (Å²) in [5, 5.41) is 9.37. The van der Waals surface area contributed by atoms with Crippen molar-refractivity contribution in [2.24, 2.45) is 0 Å². The fraction of sp³-hybridized carbons (Fsp3) is 0.600. The molecule has 96 valence electrons. The van der Waals surface area contributed by atoms with Gasteiger partial charge in [-0.2, -0.15) is 0 Å². The van der Waals surface area contributed by atoms with Crippen LogP contribution in [0.5, 0.6) is 0 Å². The van der Waals surface area contributed by atoms with Crippen LogP contribution in [0.4, 0.5) is 0 Å². The lowest BCUT2D eigenvalue weighted by Gasteiger charge is -2.19. The van der Waals surface area contributed by atoms with Gasteiger partial charge in [0.15, 0.2) is 0 Å². The van der Waals surface area contributed by atoms with Crippen molar-refractivity contribution in [3.63, 3.8) is 0 Å². The van der Waals surface area contributed by atoms with E-state index in [1.807, 2.05) is 6.07 Å². The average molecular weight is 245 g/mol. The molecule has 0 spiro atoms. The van der Waals surface area contributed by atoms with E-state index in [0.717, 1.165) is 36.2 Å². The molecule has 0 radical (unpaired) electrons. The van der Waals surface area contributed by atoms with Crippen LogP contribution < -0.4 is 0 Å². The van der Waals surface area contributed by atoms with Gasteiger partial charge < -0.3 is 5.11 Å². The summed E-state index contributed by atoms with van der Waals surface area (Å²) in [6, 6.07) is 1.89. The highest BCUT2D eigenvalue weighted by atomic mass is 16.4. The van der Waals surface area contributed by atoms with Crippen LogP contribution in [-0.2, 0) is 5.41 Å². The molecule has 3 heteroatoms. The lowest BCUT2D eigenvalue weighted by molar-refractivity contribution is 0.0695. The summed E-state index contributed by atoms with van der Waals surface area (Å²) >= 11 is 0. The van der Waals surface area contributed by atoms with E-state index in [4.69, 9.17) is 4.98 Å². The quantitative estimate of drug-likeness (QED) is 0.868. The molecule has 2 aliphatic rings. The zero-order chi connectivity index (χ0) is 13.1. The van der Waals surface area contributed by atoms with Crippen LogP contribution in [0.2, 0.25) is 0 Å². The van der Waals surface area contributed by atoms with Gasteiger partial charge in [-0.1, -0.05) is 20.8 Å². The van der Waals surface area contributed by atoms with Gasteiger partial charge >= 0.3 is 5.97 Å². The third-order valence-electron chi connectivity index (χ3n) is 4.29. The Morgan fingerprint density at radius 2 is 2.06 bits per heavy atom. The molecule has 0 aromatic carbocycles. The summed E-state index contributed by atoms with van der Waals surface area (Å²) in [6.45, 7) is 6.55. The highest BCUT2D eigenvalue weighted by Gasteiger charge is 2.39. The molecule has 1 N–H and O–H groups in total. The number of rotatable bonds is 2. The van der Waals surface area contributed by atoms with Crippen molar-refractivity contribution in [2.45, 2.75) is 57.3 Å². The summed E-state index contributed by atoms with van der Waals surface area (Å²) < 4.78 is 0. The maximum atomic E-state index is 11.4. The predicted octanol–water partition coefficient (Wildman–Crippen LogP) is 3.44. The van der Waals surface area contributed by atoms with E-state index < -0.39 is 5.97 Å². The first-order valence-corrected chi connectivity index (χ1v) is 6.69. The van der Waals surface area contributed by atoms with Gasteiger partial charge in [0, 0.05) is 11.6 Å². The number of nitrogens with zero attached hydrogens (tertiary/aromatic N) is 1. The van der Waals surface area contributed by atoms with E-state index in [2.05, 4.69) is 20.8 Å². The topological polar surface area (TPSA) is 50.2 Å². The van der Waals surface area contributed by atoms with Gasteiger partial charge in [-0.3, -0.25) is 4.98 Å². The van der Waals surface area contributed by atoms with Crippen LogP contribution in [0.15, 0.2) is 6.07 Å². The maximum absolute atomic E-state index is 11.4. The molecular weight excluding hydrogens is 226 g/mol. The van der Waals surface area contributed by atoms with E-state index in [1.54, 1.807) is 0 Å². The van der Waals surface area contributed by atoms with Crippen molar-refractivity contribution in [3.8, 4) is 0 Å². The number of hydrogen-bond donors (Lipinski definition) is 1. The van der Waals surface area contributed by atoms with Gasteiger partial charge in [-0.05, 0) is 42.2 Å². The van der Waals surface area contributed by atoms with Gasteiger partial charge in [-0.15, -0.1) is 0 Å². The highest BCUT2D eigenvalue weighted by molar-refractivity contribution is 5.89. The van der Waals surface area contributed by atoms with Crippen LogP contribution in [-0.4, -0.2) is 16.1 Å². The lowest BCUT2D eigenvalue weighted by atomic mass is 9.85. The number of aromatic nitrogens is 1. The van der Waals surface area contributed by atoms with Gasteiger partial charge in [0.25, 0.3) is 0 Å². The molecule has 1 aromatic heterocycles. The second-order valence-corrected chi connectivity index (χ2v) is 6.42. The molecular formula is C15H19NO2. The van der Waals surface area contributed by atoms with Crippen molar-refractivity contribution in [2.75, 3.05) is 0 Å². The van der Waals surface area contributed by atoms with Gasteiger partial charge in [-0.25, -0.2) is 4.79 Å². The second kappa shape index (κ2) is 3.56. The lowest BCUT2D eigenvalue weighted by Crippen LogP contribution is -2.15. The largest absolute Gasteiger partial charge is 0.478 e. The van der Waals surface area contributed by atoms with Crippen molar-refractivity contribution in [3.05, 3.63) is 28.6 Å². The van der Waals surface area contributed by atoms with Crippen molar-refractivity contribution in [1.29, 1.82) is 0 Å². The first-order valence-electron chi connectivity index (χ1n) is 6.69. The molecule has 0 saturated heterocycles. The number of carbonyl (C=O) groups is 1. The Bertz CT molecular complexity index is 530. The number of carboxylic acid groups (broad SMARTS) is 1. The van der Waals surface area contributed by atoms with Crippen molar-refractivity contribution >= 4 is 5.97 Å². The Morgan fingerprint density at radius 1 is 1.39 bits per heavy atom. The van der Waals surface area contributed by atoms with Crippen LogP contribution in [0.1, 0.15) is 79.2 Å². The Morgan fingerprint density at radius 3 is 2.61 bits per heavy atom. The molecule has 1 unspecified atom stereocenters. The van der Waals surface area contributed by atoms with E-state index in [1.165, 1.54) is 0 Å². The molecule has 1 fully saturated rings. The summed E-state index contributed by atoms with van der Waals surface area (Å²) in [4.78, 5) is 16.1. The summed E-state index contributed by atoms with van der Waals surface area (Å²) in [5.41, 5.74) is 3.57. The molecule has 1 heterocycles. The second-order valence-electron chi connectivity index (χ2n) is 6.42. The summed E-state index contributed by atoms with van der Waals surface area (Å²) in [5.74, 6) is -0.00443. The first kappa shape index (κ1) is 11.7. The molecule has 3 rings (SSSR count). The highest BCUT2D eigenvalue weighted by Crippen LogP contribution is 2.48. The predicted molar refractivity (Wildman–Crippen MR) is 69.2 cm³/mol. The fourth-order valence-corrected chi connectivity index (χ4v) is 3.27. The maximum Gasteiger partial charge on any atom is 0.337 e. The summed E-state index contributed by atoms with van der Waals surface area (Å²) in [6.07, 6.45) is 3.23. The molecule has 3 nitrogen and oxygen atoms in total. The molecule has 18 heavy (non-hydrogen) atoms. The van der Waals surface area contributed by atoms with Crippen LogP contribution in [0.25, 0.3) is 0 Å². The number of aromatic carboxylic acids is 1. The van der Waals surface area contributed by atoms with E-state index in [9.17, 15) is 9.90 Å². The zero-order valence-electron chi connectivity index (χ0n) is 11.2. The van der Waals surface area contributed by atoms with E-state index >= 15 is 0 Å². The minimum atomic E-state index is -0.831. The SMILES string of the molecule is CC1CC(C)(C)c2cc(C(=O)O)c(C3CC3)nc21. The Balaban J connectivity index is 2.20. The van der Waals surface area contributed by atoms with Crippen LogP contribution in [0, 0.1) is 0 Å². The standard InChI is InChI=1S/C15H19NO2/c1-8-7-15(2,3)11-6-10(14(17)18)13(9-4-5-9)16-12(8)11/h6,8-9H,4-5,7H2,1-3H3,(H,17,18). The molecule has 1 saturated carbocycles. The first-order chi connectivity index (χ1) is 8.40. The minimum absolute atomic E-state index is 0.0496. The minimum Gasteiger partial charge on any atom is -0.478 e. The molecule has 0 aliphatic heterocycles. The number of carboxylic acids is 1. The number of pyridine rings is 1. The van der Waals surface area contributed by atoms with Crippen molar-refractivity contribution < 1.29 is 9.90 Å². The van der Waals surface area contributed by atoms with Crippen molar-refractivity contribution in [1.82, 2.24) is 4.98 Å². The van der Waals surface area contributed by atoms with Crippen LogP contribution >= 0.6 is 0 Å². The molecule has 0 bridgehead atoms. The zero-order valence-corrected chi connectivity index (χ0v) is 11.2. The van der Waals surface area contributed by atoms with E-state index in [0.29, 0.717) is 17.4 Å². The fourth-order valence-electron chi connectivity index (χ4n) is 3.27. The van der Waals surface area contributed by atoms with Gasteiger partial charge in [0.2, 0.25) is 0 Å². The summed E-state index contributed by atoms with van der Waals surface area (Å²) in [7, 11) is 0. The number of fused-ring (bicyclic) bond motifs is 1. The monoisotopic (exact) mass is 245 g/mol. The Kier molecular flexibility index (Phi) is 2.31. The van der Waals surface area contributed by atoms with E-state index in [-0.39, 0.29) is 5.41 Å². The molecule has 1 atom stereocenters. The Labute approximate surface area is 107 Å². The normalized spacial score (nSPS) is 24.9. The third kappa shape index (κ3) is 1.64. The van der Waals surface area contributed by atoms with Gasteiger partial charge in [0.1, 0.15) is 0 Å². The molecule has 2 aliphatic carbocycles. The average Bonchev–Trinajstić information content (AvgIpc) is 3.07. The van der Waals surface area contributed by atoms with Crippen LogP contribution in [0.3, 0.4) is 0 Å². The molecule has 0 amide bonds. The molecule has 1 aromatic rings. The smallest absolute Gasteiger partial charge is 0.337 e. The van der Waals surface area contributed by atoms with Gasteiger partial charge in [0.05, 0.1) is 11.3 Å². The Hall–Kier alpha value is -1.38.